The Balaban J connectivity index is 1.74. The molecule has 4 aliphatic rings. The first-order chi connectivity index (χ1) is 12.2. The smallest absolute Gasteiger partial charge is 0.192 e. The highest BCUT2D eigenvalue weighted by Crippen LogP contribution is 2.62. The molecule has 1 saturated carbocycles. The molecule has 4 atom stereocenters. The molecule has 4 nitrogen and oxygen atoms in total. The van der Waals surface area contributed by atoms with Gasteiger partial charge < -0.3 is 18.6 Å². The lowest BCUT2D eigenvalue weighted by molar-refractivity contribution is -0.301. The lowest BCUT2D eigenvalue weighted by Gasteiger charge is -2.61. The van der Waals surface area contributed by atoms with Gasteiger partial charge in [-0.25, -0.2) is 0 Å². The van der Waals surface area contributed by atoms with Crippen LogP contribution in [0, 0.1) is 0 Å². The van der Waals surface area contributed by atoms with Gasteiger partial charge in [0.25, 0.3) is 0 Å². The molecular weight excluding hydrogens is 344 g/mol. The van der Waals surface area contributed by atoms with Gasteiger partial charge >= 0.3 is 0 Å². The van der Waals surface area contributed by atoms with Gasteiger partial charge in [0.15, 0.2) is 8.32 Å². The van der Waals surface area contributed by atoms with Crippen molar-refractivity contribution < 1.29 is 18.6 Å². The van der Waals surface area contributed by atoms with Gasteiger partial charge in [-0.05, 0) is 69.5 Å². The van der Waals surface area contributed by atoms with Crippen LogP contribution >= 0.6 is 0 Å². The van der Waals surface area contributed by atoms with Gasteiger partial charge in [-0.3, -0.25) is 0 Å². The van der Waals surface area contributed by atoms with Crippen LogP contribution in [0.1, 0.15) is 72.1 Å². The van der Waals surface area contributed by atoms with Gasteiger partial charge in [-0.1, -0.05) is 20.8 Å². The van der Waals surface area contributed by atoms with Crippen LogP contribution < -0.4 is 0 Å². The lowest BCUT2D eigenvalue weighted by atomic mass is 9.58. The van der Waals surface area contributed by atoms with E-state index in [-0.39, 0.29) is 27.9 Å². The van der Waals surface area contributed by atoms with Crippen molar-refractivity contribution in [3.8, 4) is 0 Å². The first kappa shape index (κ1) is 19.4. The largest absolute Gasteiger partial charge is 0.411 e. The molecule has 0 unspecified atom stereocenters. The molecule has 3 spiro atoms. The van der Waals surface area contributed by atoms with Crippen LogP contribution in [0.25, 0.3) is 0 Å². The highest BCUT2D eigenvalue weighted by molar-refractivity contribution is 6.74. The molecular formula is C21H38O4Si. The van der Waals surface area contributed by atoms with E-state index in [4.69, 9.17) is 18.6 Å². The number of rotatable bonds is 2. The fourth-order valence-electron chi connectivity index (χ4n) is 5.91. The van der Waals surface area contributed by atoms with Crippen LogP contribution in [0.3, 0.4) is 0 Å². The van der Waals surface area contributed by atoms with Crippen molar-refractivity contribution in [3.63, 3.8) is 0 Å². The molecule has 0 aromatic heterocycles. The zero-order valence-corrected chi connectivity index (χ0v) is 18.5. The Morgan fingerprint density at radius 1 is 0.846 bits per heavy atom. The van der Waals surface area contributed by atoms with Gasteiger partial charge in [0, 0.05) is 19.8 Å². The van der Waals surface area contributed by atoms with Crippen LogP contribution in [0.15, 0.2) is 0 Å². The summed E-state index contributed by atoms with van der Waals surface area (Å²) >= 11 is 0. The molecule has 1 aliphatic carbocycles. The van der Waals surface area contributed by atoms with E-state index < -0.39 is 8.32 Å². The van der Waals surface area contributed by atoms with Gasteiger partial charge in [-0.2, -0.15) is 0 Å². The Labute approximate surface area is 160 Å². The van der Waals surface area contributed by atoms with Gasteiger partial charge in [0.2, 0.25) is 0 Å². The van der Waals surface area contributed by atoms with Crippen molar-refractivity contribution in [2.24, 2.45) is 0 Å². The molecule has 3 heterocycles. The van der Waals surface area contributed by atoms with E-state index in [1.165, 1.54) is 0 Å². The summed E-state index contributed by atoms with van der Waals surface area (Å²) < 4.78 is 26.9. The monoisotopic (exact) mass is 382 g/mol. The highest BCUT2D eigenvalue weighted by atomic mass is 28.4. The second-order valence-corrected chi connectivity index (χ2v) is 15.2. The first-order valence-corrected chi connectivity index (χ1v) is 13.7. The van der Waals surface area contributed by atoms with Crippen LogP contribution in [0.4, 0.5) is 0 Å². The minimum absolute atomic E-state index is 0.138. The Hall–Kier alpha value is 0.0569. The second kappa shape index (κ2) is 6.28. The summed E-state index contributed by atoms with van der Waals surface area (Å²) in [6.07, 6.45) is 8.83. The zero-order chi connectivity index (χ0) is 18.7. The molecule has 0 amide bonds. The third-order valence-electron chi connectivity index (χ3n) is 8.17. The fourth-order valence-corrected chi connectivity index (χ4v) is 7.28. The maximum absolute atomic E-state index is 7.05. The van der Waals surface area contributed by atoms with Crippen LogP contribution in [0.5, 0.6) is 0 Å². The average Bonchev–Trinajstić information content (AvgIpc) is 3.28. The lowest BCUT2D eigenvalue weighted by Crippen LogP contribution is -2.75. The molecule has 0 N–H and O–H groups in total. The van der Waals surface area contributed by atoms with E-state index in [2.05, 4.69) is 33.9 Å². The summed E-state index contributed by atoms with van der Waals surface area (Å²) in [4.78, 5) is 0. The molecule has 0 bridgehead atoms. The average molecular weight is 383 g/mol. The SMILES string of the molecule is CC(C)(C)[Si](C)(C)O[C@@H]1CC[C@@]2(CCCO2)[C@@]2(CCCO2)[C@@]12CCCO2. The van der Waals surface area contributed by atoms with Crippen molar-refractivity contribution in [2.45, 2.75) is 113 Å². The third kappa shape index (κ3) is 2.53. The maximum Gasteiger partial charge on any atom is 0.192 e. The van der Waals surface area contributed by atoms with Gasteiger partial charge in [-0.15, -0.1) is 0 Å². The van der Waals surface area contributed by atoms with E-state index in [9.17, 15) is 0 Å². The predicted octanol–water partition coefficient (Wildman–Crippen LogP) is 4.82. The van der Waals surface area contributed by atoms with E-state index in [1.54, 1.807) is 0 Å². The van der Waals surface area contributed by atoms with Crippen LogP contribution in [0.2, 0.25) is 18.1 Å². The molecule has 26 heavy (non-hydrogen) atoms. The Bertz CT molecular complexity index is 521. The summed E-state index contributed by atoms with van der Waals surface area (Å²) in [7, 11) is -1.88. The van der Waals surface area contributed by atoms with E-state index in [0.29, 0.717) is 0 Å². The van der Waals surface area contributed by atoms with E-state index >= 15 is 0 Å². The Morgan fingerprint density at radius 3 is 2.04 bits per heavy atom. The van der Waals surface area contributed by atoms with Crippen molar-refractivity contribution in [1.29, 1.82) is 0 Å². The number of hydrogen-bond donors (Lipinski definition) is 0. The minimum atomic E-state index is -1.88. The summed E-state index contributed by atoms with van der Waals surface area (Å²) in [6.45, 7) is 14.3. The maximum atomic E-state index is 7.05. The van der Waals surface area contributed by atoms with E-state index in [1.807, 2.05) is 0 Å². The predicted molar refractivity (Wildman–Crippen MR) is 105 cm³/mol. The highest BCUT2D eigenvalue weighted by Gasteiger charge is 2.73. The molecule has 3 aliphatic heterocycles. The molecule has 0 aromatic rings. The van der Waals surface area contributed by atoms with Crippen molar-refractivity contribution >= 4 is 8.32 Å². The molecule has 0 aromatic carbocycles. The van der Waals surface area contributed by atoms with Crippen molar-refractivity contribution in [3.05, 3.63) is 0 Å². The Kier molecular flexibility index (Phi) is 4.68. The standard InChI is InChI=1S/C21H38O4Si/c1-18(2,3)26(4,5)25-17-9-13-19(10-6-14-22-19)21(12-8-16-24-21)20(17)11-7-15-23-20/h17H,6-16H2,1-5H3/t17-,19+,20-,21+/m1/s1. The van der Waals surface area contributed by atoms with Crippen LogP contribution in [-0.2, 0) is 18.6 Å². The van der Waals surface area contributed by atoms with Crippen molar-refractivity contribution in [1.82, 2.24) is 0 Å². The third-order valence-corrected chi connectivity index (χ3v) is 12.7. The van der Waals surface area contributed by atoms with Gasteiger partial charge in [0.05, 0.1) is 6.10 Å². The summed E-state index contributed by atoms with van der Waals surface area (Å²) in [5.41, 5.74) is -0.777. The number of ether oxygens (including phenoxy) is 3. The molecule has 4 rings (SSSR count). The summed E-state index contributed by atoms with van der Waals surface area (Å²) in [6, 6.07) is 0. The number of fused-ring (bicyclic) bond motifs is 2. The Morgan fingerprint density at radius 2 is 1.50 bits per heavy atom. The molecule has 3 saturated heterocycles. The fraction of sp³-hybridized carbons (Fsp3) is 1.00. The zero-order valence-electron chi connectivity index (χ0n) is 17.5. The molecule has 5 heteroatoms. The van der Waals surface area contributed by atoms with Crippen LogP contribution in [-0.4, -0.2) is 51.0 Å². The molecule has 0 radical (unpaired) electrons. The van der Waals surface area contributed by atoms with Crippen molar-refractivity contribution in [2.75, 3.05) is 19.8 Å². The molecule has 4 fully saturated rings. The normalized spacial score (nSPS) is 44.0. The quantitative estimate of drug-likeness (QED) is 0.642. The first-order valence-electron chi connectivity index (χ1n) is 10.8. The van der Waals surface area contributed by atoms with E-state index in [0.717, 1.165) is 71.2 Å². The molecule has 150 valence electrons. The summed E-state index contributed by atoms with van der Waals surface area (Å²) in [5.74, 6) is 0. The topological polar surface area (TPSA) is 36.9 Å². The summed E-state index contributed by atoms with van der Waals surface area (Å²) in [5, 5.41) is 0.204. The minimum Gasteiger partial charge on any atom is -0.411 e. The van der Waals surface area contributed by atoms with Gasteiger partial charge in [0.1, 0.15) is 16.8 Å². The second-order valence-electron chi connectivity index (χ2n) is 10.5. The number of hydrogen-bond acceptors (Lipinski definition) is 4.